The third-order valence-corrected chi connectivity index (χ3v) is 4.43. The monoisotopic (exact) mass is 387 g/mol. The number of amides is 1. The molecule has 0 spiro atoms. The van der Waals surface area contributed by atoms with E-state index in [-0.39, 0.29) is 23.8 Å². The molecule has 0 saturated carbocycles. The zero-order valence-corrected chi connectivity index (χ0v) is 15.3. The third kappa shape index (κ3) is 3.96. The lowest BCUT2D eigenvalue weighted by Gasteiger charge is -2.09. The molecule has 0 aliphatic carbocycles. The normalized spacial score (nSPS) is 10.6. The molecule has 29 heavy (non-hydrogen) atoms. The van der Waals surface area contributed by atoms with Gasteiger partial charge in [0.25, 0.3) is 5.91 Å². The van der Waals surface area contributed by atoms with Crippen LogP contribution in [0.15, 0.2) is 88.3 Å². The van der Waals surface area contributed by atoms with Gasteiger partial charge in [0, 0.05) is 11.6 Å². The van der Waals surface area contributed by atoms with E-state index in [2.05, 4.69) is 5.32 Å². The Morgan fingerprint density at radius 2 is 1.76 bits per heavy atom. The highest BCUT2D eigenvalue weighted by atomic mass is 16.5. The number of phenols is 1. The molecule has 0 radical (unpaired) electrons. The maximum absolute atomic E-state index is 12.8. The zero-order valence-electron chi connectivity index (χ0n) is 15.3. The van der Waals surface area contributed by atoms with Crippen LogP contribution in [-0.4, -0.2) is 17.7 Å². The number of hydrogen-bond donors (Lipinski definition) is 2. The standard InChI is InChI=1S/C23H17NO5/c25-17-8-6-15(7-9-17)20-13-28-21-12-18(10-11-19(21)22(20)26)29-14-24-23(27)16-4-2-1-3-5-16/h1-13,25H,14H2,(H,24,27). The van der Waals surface area contributed by atoms with E-state index in [9.17, 15) is 14.7 Å². The lowest BCUT2D eigenvalue weighted by molar-refractivity contribution is 0.0919. The predicted molar refractivity (Wildman–Crippen MR) is 109 cm³/mol. The second-order valence-corrected chi connectivity index (χ2v) is 6.34. The third-order valence-electron chi connectivity index (χ3n) is 4.43. The minimum Gasteiger partial charge on any atom is -0.508 e. The molecule has 0 fully saturated rings. The number of fused-ring (bicyclic) bond motifs is 1. The summed E-state index contributed by atoms with van der Waals surface area (Å²) in [5.41, 5.74) is 1.80. The Kier molecular flexibility index (Phi) is 4.99. The molecule has 0 atom stereocenters. The molecule has 0 unspecified atom stereocenters. The van der Waals surface area contributed by atoms with E-state index in [0.717, 1.165) is 0 Å². The van der Waals surface area contributed by atoms with Crippen LogP contribution in [0.3, 0.4) is 0 Å². The number of carbonyl (C=O) groups is 1. The maximum Gasteiger partial charge on any atom is 0.253 e. The average molecular weight is 387 g/mol. The molecular formula is C23H17NO5. The lowest BCUT2D eigenvalue weighted by atomic mass is 10.1. The van der Waals surface area contributed by atoms with E-state index in [4.69, 9.17) is 9.15 Å². The number of carbonyl (C=O) groups excluding carboxylic acids is 1. The van der Waals surface area contributed by atoms with Gasteiger partial charge >= 0.3 is 0 Å². The molecule has 144 valence electrons. The van der Waals surface area contributed by atoms with Gasteiger partial charge in [-0.1, -0.05) is 30.3 Å². The number of hydrogen-bond acceptors (Lipinski definition) is 5. The molecule has 4 rings (SSSR count). The van der Waals surface area contributed by atoms with Gasteiger partial charge < -0.3 is 19.6 Å². The molecule has 2 N–H and O–H groups in total. The molecular weight excluding hydrogens is 370 g/mol. The molecule has 6 nitrogen and oxygen atoms in total. The Hall–Kier alpha value is -4.06. The van der Waals surface area contributed by atoms with Gasteiger partial charge in [0.05, 0.1) is 10.9 Å². The van der Waals surface area contributed by atoms with Crippen molar-refractivity contribution >= 4 is 16.9 Å². The van der Waals surface area contributed by atoms with Crippen molar-refractivity contribution < 1.29 is 19.1 Å². The summed E-state index contributed by atoms with van der Waals surface area (Å²) in [6.07, 6.45) is 1.39. The highest BCUT2D eigenvalue weighted by Crippen LogP contribution is 2.24. The van der Waals surface area contributed by atoms with Gasteiger partial charge in [0.2, 0.25) is 0 Å². The fourth-order valence-corrected chi connectivity index (χ4v) is 2.92. The van der Waals surface area contributed by atoms with Crippen molar-refractivity contribution in [3.05, 3.63) is 94.8 Å². The fraction of sp³-hybridized carbons (Fsp3) is 0.0435. The first-order valence-corrected chi connectivity index (χ1v) is 8.93. The topological polar surface area (TPSA) is 88.8 Å². The second-order valence-electron chi connectivity index (χ2n) is 6.34. The van der Waals surface area contributed by atoms with E-state index in [1.807, 2.05) is 6.07 Å². The van der Waals surface area contributed by atoms with Gasteiger partial charge in [-0.15, -0.1) is 0 Å². The molecule has 3 aromatic carbocycles. The maximum atomic E-state index is 12.8. The highest BCUT2D eigenvalue weighted by molar-refractivity contribution is 5.94. The number of benzene rings is 3. The van der Waals surface area contributed by atoms with Crippen LogP contribution in [0.1, 0.15) is 10.4 Å². The molecule has 4 aromatic rings. The summed E-state index contributed by atoms with van der Waals surface area (Å²) in [6, 6.07) is 20.0. The largest absolute Gasteiger partial charge is 0.508 e. The minimum atomic E-state index is -0.239. The summed E-state index contributed by atoms with van der Waals surface area (Å²) >= 11 is 0. The van der Waals surface area contributed by atoms with Crippen LogP contribution >= 0.6 is 0 Å². The summed E-state index contributed by atoms with van der Waals surface area (Å²) in [4.78, 5) is 24.8. The van der Waals surface area contributed by atoms with Crippen LogP contribution in [-0.2, 0) is 0 Å². The number of rotatable bonds is 5. The first-order valence-electron chi connectivity index (χ1n) is 8.93. The van der Waals surface area contributed by atoms with Crippen LogP contribution in [0.5, 0.6) is 11.5 Å². The van der Waals surface area contributed by atoms with Gasteiger partial charge in [-0.05, 0) is 42.0 Å². The molecule has 6 heteroatoms. The molecule has 1 amide bonds. The van der Waals surface area contributed by atoms with E-state index in [0.29, 0.717) is 33.4 Å². The van der Waals surface area contributed by atoms with E-state index >= 15 is 0 Å². The molecule has 0 aliphatic rings. The van der Waals surface area contributed by atoms with Gasteiger partial charge in [-0.3, -0.25) is 9.59 Å². The van der Waals surface area contributed by atoms with Gasteiger partial charge in [-0.2, -0.15) is 0 Å². The fourth-order valence-electron chi connectivity index (χ4n) is 2.92. The van der Waals surface area contributed by atoms with Crippen molar-refractivity contribution in [3.63, 3.8) is 0 Å². The second kappa shape index (κ2) is 7.90. The van der Waals surface area contributed by atoms with Crippen molar-refractivity contribution in [3.8, 4) is 22.6 Å². The van der Waals surface area contributed by atoms with Crippen molar-refractivity contribution in [1.82, 2.24) is 5.32 Å². The highest BCUT2D eigenvalue weighted by Gasteiger charge is 2.10. The number of nitrogens with one attached hydrogen (secondary N) is 1. The van der Waals surface area contributed by atoms with Gasteiger partial charge in [-0.25, -0.2) is 0 Å². The van der Waals surface area contributed by atoms with Gasteiger partial charge in [0.15, 0.2) is 12.2 Å². The lowest BCUT2D eigenvalue weighted by Crippen LogP contribution is -2.27. The Labute approximate surface area is 166 Å². The number of ether oxygens (including phenoxy) is 1. The van der Waals surface area contributed by atoms with Crippen molar-refractivity contribution in [1.29, 1.82) is 0 Å². The smallest absolute Gasteiger partial charge is 0.253 e. The Morgan fingerprint density at radius 3 is 2.52 bits per heavy atom. The van der Waals surface area contributed by atoms with Crippen LogP contribution in [0.4, 0.5) is 0 Å². The van der Waals surface area contributed by atoms with Crippen molar-refractivity contribution in [2.45, 2.75) is 0 Å². The Bertz CT molecular complexity index is 1210. The Balaban J connectivity index is 1.50. The van der Waals surface area contributed by atoms with E-state index in [1.54, 1.807) is 54.6 Å². The summed E-state index contributed by atoms with van der Waals surface area (Å²) < 4.78 is 11.2. The first kappa shape index (κ1) is 18.3. The Morgan fingerprint density at radius 1 is 1.00 bits per heavy atom. The van der Waals surface area contributed by atoms with Crippen LogP contribution in [0, 0.1) is 0 Å². The van der Waals surface area contributed by atoms with Crippen LogP contribution < -0.4 is 15.5 Å². The summed E-state index contributed by atoms with van der Waals surface area (Å²) in [7, 11) is 0. The number of aromatic hydroxyl groups is 1. The summed E-state index contributed by atoms with van der Waals surface area (Å²) in [5.74, 6) is 0.350. The quantitative estimate of drug-likeness (QED) is 0.507. The summed E-state index contributed by atoms with van der Waals surface area (Å²) in [6.45, 7) is -0.0188. The molecule has 0 bridgehead atoms. The van der Waals surface area contributed by atoms with Gasteiger partial charge in [0.1, 0.15) is 23.3 Å². The van der Waals surface area contributed by atoms with Crippen LogP contribution in [0.25, 0.3) is 22.1 Å². The number of phenolic OH excluding ortho intramolecular Hbond substituents is 1. The zero-order chi connectivity index (χ0) is 20.2. The first-order chi connectivity index (χ1) is 14.1. The SMILES string of the molecule is O=C(NCOc1ccc2c(=O)c(-c3ccc(O)cc3)coc2c1)c1ccccc1. The molecule has 0 aliphatic heterocycles. The summed E-state index contributed by atoms with van der Waals surface area (Å²) in [5, 5.41) is 12.5. The van der Waals surface area contributed by atoms with E-state index in [1.165, 1.54) is 18.4 Å². The molecule has 1 aromatic heterocycles. The van der Waals surface area contributed by atoms with E-state index < -0.39 is 0 Å². The predicted octanol–water partition coefficient (Wildman–Crippen LogP) is 3.93. The van der Waals surface area contributed by atoms with Crippen molar-refractivity contribution in [2.24, 2.45) is 0 Å². The van der Waals surface area contributed by atoms with Crippen LogP contribution in [0.2, 0.25) is 0 Å². The van der Waals surface area contributed by atoms with Crippen molar-refractivity contribution in [2.75, 3.05) is 6.73 Å². The molecule has 0 saturated heterocycles. The molecule has 1 heterocycles. The average Bonchev–Trinajstić information content (AvgIpc) is 2.75. The minimum absolute atomic E-state index is 0.0188.